The number of rotatable bonds is 7. The number of anilines is 1. The maximum Gasteiger partial charge on any atom is 0.307 e. The molecule has 18 heavy (non-hydrogen) atoms. The minimum Gasteiger partial charge on any atom is -0.466 e. The van der Waals surface area contributed by atoms with Gasteiger partial charge < -0.3 is 15.4 Å². The standard InChI is InChI=1S/C11H17N3O3S/c1-3-17-10(16)4-5-12-6-9-7-18-11(14-9)13-8(2)15/h7,12H,3-6H2,1-2H3,(H,13,14,15). The molecular formula is C11H17N3O3S. The number of carbonyl (C=O) groups is 2. The third-order valence-corrected chi connectivity index (χ3v) is 2.76. The summed E-state index contributed by atoms with van der Waals surface area (Å²) in [6, 6.07) is 0. The Bertz CT molecular complexity index is 406. The van der Waals surface area contributed by atoms with Gasteiger partial charge in [0.05, 0.1) is 18.7 Å². The highest BCUT2D eigenvalue weighted by Gasteiger charge is 2.04. The van der Waals surface area contributed by atoms with Gasteiger partial charge in [0, 0.05) is 25.4 Å². The highest BCUT2D eigenvalue weighted by molar-refractivity contribution is 7.13. The number of amides is 1. The number of aromatic nitrogens is 1. The van der Waals surface area contributed by atoms with E-state index in [1.54, 1.807) is 6.92 Å². The third kappa shape index (κ3) is 5.74. The molecule has 0 aliphatic carbocycles. The summed E-state index contributed by atoms with van der Waals surface area (Å²) in [7, 11) is 0. The molecule has 0 bridgehead atoms. The molecule has 7 heteroatoms. The molecule has 1 amide bonds. The van der Waals surface area contributed by atoms with Crippen molar-refractivity contribution in [3.8, 4) is 0 Å². The first-order valence-corrected chi connectivity index (χ1v) is 6.58. The van der Waals surface area contributed by atoms with E-state index in [0.29, 0.717) is 31.2 Å². The molecule has 1 aromatic heterocycles. The van der Waals surface area contributed by atoms with Crippen molar-refractivity contribution in [3.63, 3.8) is 0 Å². The Kier molecular flexibility index (Phi) is 6.31. The van der Waals surface area contributed by atoms with E-state index in [2.05, 4.69) is 15.6 Å². The van der Waals surface area contributed by atoms with Crippen LogP contribution in [0.15, 0.2) is 5.38 Å². The lowest BCUT2D eigenvalue weighted by Crippen LogP contribution is -2.19. The van der Waals surface area contributed by atoms with Crippen LogP contribution in [0, 0.1) is 0 Å². The first-order chi connectivity index (χ1) is 8.61. The van der Waals surface area contributed by atoms with Gasteiger partial charge in [0.15, 0.2) is 5.13 Å². The minimum absolute atomic E-state index is 0.133. The number of thiazole rings is 1. The van der Waals surface area contributed by atoms with Crippen LogP contribution in [0.3, 0.4) is 0 Å². The predicted molar refractivity (Wildman–Crippen MR) is 69.4 cm³/mol. The van der Waals surface area contributed by atoms with Gasteiger partial charge in [-0.1, -0.05) is 0 Å². The number of ether oxygens (including phenoxy) is 1. The molecule has 2 N–H and O–H groups in total. The Balaban J connectivity index is 2.21. The van der Waals surface area contributed by atoms with E-state index in [1.165, 1.54) is 18.3 Å². The van der Waals surface area contributed by atoms with Crippen molar-refractivity contribution in [3.05, 3.63) is 11.1 Å². The smallest absolute Gasteiger partial charge is 0.307 e. The van der Waals surface area contributed by atoms with E-state index >= 15 is 0 Å². The molecule has 100 valence electrons. The second-order valence-electron chi connectivity index (χ2n) is 3.56. The number of nitrogens with zero attached hydrogens (tertiary/aromatic N) is 1. The van der Waals surface area contributed by atoms with Crippen molar-refractivity contribution in [2.24, 2.45) is 0 Å². The Morgan fingerprint density at radius 3 is 2.94 bits per heavy atom. The molecule has 0 spiro atoms. The summed E-state index contributed by atoms with van der Waals surface area (Å²) in [5.41, 5.74) is 0.840. The molecule has 1 heterocycles. The van der Waals surface area contributed by atoms with Gasteiger partial charge in [0.25, 0.3) is 0 Å². The largest absolute Gasteiger partial charge is 0.466 e. The van der Waals surface area contributed by atoms with Gasteiger partial charge in [-0.25, -0.2) is 4.98 Å². The lowest BCUT2D eigenvalue weighted by atomic mass is 10.4. The fourth-order valence-electron chi connectivity index (χ4n) is 1.24. The van der Waals surface area contributed by atoms with Gasteiger partial charge in [0.1, 0.15) is 0 Å². The van der Waals surface area contributed by atoms with Crippen molar-refractivity contribution >= 4 is 28.3 Å². The first kappa shape index (κ1) is 14.6. The number of carbonyl (C=O) groups excluding carboxylic acids is 2. The maximum absolute atomic E-state index is 11.1. The predicted octanol–water partition coefficient (Wildman–Crippen LogP) is 1.14. The normalized spacial score (nSPS) is 10.1. The zero-order valence-electron chi connectivity index (χ0n) is 10.5. The van der Waals surface area contributed by atoms with Gasteiger partial charge in [-0.05, 0) is 6.92 Å². The summed E-state index contributed by atoms with van der Waals surface area (Å²) in [6.07, 6.45) is 0.344. The number of nitrogens with one attached hydrogen (secondary N) is 2. The Labute approximate surface area is 110 Å². The van der Waals surface area contributed by atoms with Crippen molar-refractivity contribution in [2.75, 3.05) is 18.5 Å². The van der Waals surface area contributed by atoms with E-state index in [1.807, 2.05) is 5.38 Å². The Morgan fingerprint density at radius 2 is 2.28 bits per heavy atom. The van der Waals surface area contributed by atoms with Crippen LogP contribution in [-0.2, 0) is 20.9 Å². The average Bonchev–Trinajstić information content (AvgIpc) is 2.71. The fourth-order valence-corrected chi connectivity index (χ4v) is 1.99. The van der Waals surface area contributed by atoms with E-state index in [4.69, 9.17) is 4.74 Å². The van der Waals surface area contributed by atoms with Crippen LogP contribution in [0.25, 0.3) is 0 Å². The summed E-state index contributed by atoms with van der Waals surface area (Å²) in [5.74, 6) is -0.339. The van der Waals surface area contributed by atoms with Crippen molar-refractivity contribution in [1.82, 2.24) is 10.3 Å². The maximum atomic E-state index is 11.1. The monoisotopic (exact) mass is 271 g/mol. The second kappa shape index (κ2) is 7.78. The highest BCUT2D eigenvalue weighted by atomic mass is 32.1. The molecule has 0 radical (unpaired) electrons. The van der Waals surface area contributed by atoms with E-state index in [-0.39, 0.29) is 11.9 Å². The summed E-state index contributed by atoms with van der Waals surface area (Å²) in [6.45, 7) is 4.75. The molecule has 1 aromatic rings. The second-order valence-corrected chi connectivity index (χ2v) is 4.42. The van der Waals surface area contributed by atoms with Crippen LogP contribution in [0.5, 0.6) is 0 Å². The quantitative estimate of drug-likeness (QED) is 0.574. The van der Waals surface area contributed by atoms with Crippen molar-refractivity contribution in [1.29, 1.82) is 0 Å². The molecule has 0 unspecified atom stereocenters. The summed E-state index contributed by atoms with van der Waals surface area (Å²) in [4.78, 5) is 26.1. The summed E-state index contributed by atoms with van der Waals surface area (Å²) >= 11 is 1.38. The molecule has 0 aliphatic heterocycles. The molecule has 0 fully saturated rings. The molecule has 1 rings (SSSR count). The Morgan fingerprint density at radius 1 is 1.50 bits per heavy atom. The molecule has 0 saturated heterocycles. The van der Waals surface area contributed by atoms with Crippen LogP contribution in [0.4, 0.5) is 5.13 Å². The van der Waals surface area contributed by atoms with Crippen LogP contribution < -0.4 is 10.6 Å². The van der Waals surface area contributed by atoms with Gasteiger partial charge >= 0.3 is 5.97 Å². The first-order valence-electron chi connectivity index (χ1n) is 5.70. The molecule has 6 nitrogen and oxygen atoms in total. The van der Waals surface area contributed by atoms with Crippen LogP contribution >= 0.6 is 11.3 Å². The molecule has 0 aliphatic rings. The topological polar surface area (TPSA) is 80.3 Å². The van der Waals surface area contributed by atoms with Crippen LogP contribution in [0.2, 0.25) is 0 Å². The molecule has 0 aromatic carbocycles. The highest BCUT2D eigenvalue weighted by Crippen LogP contribution is 2.14. The van der Waals surface area contributed by atoms with Crippen molar-refractivity contribution in [2.45, 2.75) is 26.8 Å². The third-order valence-electron chi connectivity index (χ3n) is 1.95. The SMILES string of the molecule is CCOC(=O)CCNCc1csc(NC(C)=O)n1. The number of hydrogen-bond donors (Lipinski definition) is 2. The molecular weight excluding hydrogens is 254 g/mol. The van der Waals surface area contributed by atoms with Crippen LogP contribution in [0.1, 0.15) is 26.0 Å². The van der Waals surface area contributed by atoms with E-state index in [9.17, 15) is 9.59 Å². The number of hydrogen-bond acceptors (Lipinski definition) is 6. The van der Waals surface area contributed by atoms with Crippen molar-refractivity contribution < 1.29 is 14.3 Å². The zero-order chi connectivity index (χ0) is 13.4. The lowest BCUT2D eigenvalue weighted by molar-refractivity contribution is -0.143. The molecule has 0 saturated carbocycles. The minimum atomic E-state index is -0.206. The van der Waals surface area contributed by atoms with Gasteiger partial charge in [-0.3, -0.25) is 9.59 Å². The van der Waals surface area contributed by atoms with Gasteiger partial charge in [-0.15, -0.1) is 11.3 Å². The summed E-state index contributed by atoms with van der Waals surface area (Å²) in [5, 5.41) is 8.16. The lowest BCUT2D eigenvalue weighted by Gasteiger charge is -2.02. The summed E-state index contributed by atoms with van der Waals surface area (Å²) < 4.78 is 4.80. The van der Waals surface area contributed by atoms with Gasteiger partial charge in [0.2, 0.25) is 5.91 Å². The van der Waals surface area contributed by atoms with E-state index in [0.717, 1.165) is 5.69 Å². The fraction of sp³-hybridized carbons (Fsp3) is 0.545. The average molecular weight is 271 g/mol. The van der Waals surface area contributed by atoms with Gasteiger partial charge in [-0.2, -0.15) is 0 Å². The zero-order valence-corrected chi connectivity index (χ0v) is 11.3. The Hall–Kier alpha value is -1.47. The number of esters is 1. The molecule has 0 atom stereocenters. The van der Waals surface area contributed by atoms with Crippen LogP contribution in [-0.4, -0.2) is 30.0 Å². The van der Waals surface area contributed by atoms with E-state index < -0.39 is 0 Å².